The molecule has 8 heteroatoms. The first-order valence-electron chi connectivity index (χ1n) is 11.2. The first-order chi connectivity index (χ1) is 15.4. The normalized spacial score (nSPS) is 16.0. The van der Waals surface area contributed by atoms with Gasteiger partial charge in [-0.25, -0.2) is 4.79 Å². The van der Waals surface area contributed by atoms with Gasteiger partial charge in [-0.05, 0) is 36.6 Å². The number of thiocarbonyl (C=S) groups is 1. The van der Waals surface area contributed by atoms with Gasteiger partial charge in [0.25, 0.3) is 5.91 Å². The molecule has 1 aliphatic rings. The summed E-state index contributed by atoms with van der Waals surface area (Å²) in [5.74, 6) is -0.157. The molecule has 0 aliphatic carbocycles. The summed E-state index contributed by atoms with van der Waals surface area (Å²) < 4.78 is 11.6. The summed E-state index contributed by atoms with van der Waals surface area (Å²) in [6.07, 6.45) is 9.88. The number of hydrogen-bond donors (Lipinski definition) is 1. The molecule has 1 atom stereocenters. The Bertz CT molecular complexity index is 840. The second-order valence-electron chi connectivity index (χ2n) is 7.72. The van der Waals surface area contributed by atoms with Crippen LogP contribution in [0.3, 0.4) is 0 Å². The number of unbranched alkanes of at least 4 members (excludes halogenated alkanes) is 5. The zero-order valence-corrected chi connectivity index (χ0v) is 20.7. The molecule has 0 aromatic heterocycles. The molecule has 0 radical (unpaired) electrons. The standard InChI is InChI=1S/C24H33NO5S2/c1-4-6-7-8-9-10-14-30-19-13-12-17(15-20(19)29-3)16-21-22(26)25(24(31)32-21)18(11-5-2)23(27)28/h12-13,15-16,18H,4-11,14H2,1-3H3,(H,27,28)/b21-16-. The molecule has 32 heavy (non-hydrogen) atoms. The van der Waals surface area contributed by atoms with Crippen molar-refractivity contribution >= 4 is 46.3 Å². The van der Waals surface area contributed by atoms with Crippen molar-refractivity contribution in [2.75, 3.05) is 13.7 Å². The van der Waals surface area contributed by atoms with Crippen molar-refractivity contribution in [1.82, 2.24) is 4.90 Å². The lowest BCUT2D eigenvalue weighted by Crippen LogP contribution is -2.43. The summed E-state index contributed by atoms with van der Waals surface area (Å²) in [4.78, 5) is 26.1. The van der Waals surface area contributed by atoms with Crippen LogP contribution < -0.4 is 9.47 Å². The molecule has 1 heterocycles. The lowest BCUT2D eigenvalue weighted by Gasteiger charge is -2.22. The Morgan fingerprint density at radius 2 is 1.88 bits per heavy atom. The van der Waals surface area contributed by atoms with Crippen LogP contribution in [-0.4, -0.2) is 46.0 Å². The van der Waals surface area contributed by atoms with Crippen molar-refractivity contribution in [1.29, 1.82) is 0 Å². The topological polar surface area (TPSA) is 76.1 Å². The molecule has 1 aromatic rings. The Kier molecular flexibility index (Phi) is 11.0. The molecule has 0 bridgehead atoms. The van der Waals surface area contributed by atoms with Crippen LogP contribution in [0.15, 0.2) is 23.1 Å². The van der Waals surface area contributed by atoms with Gasteiger partial charge < -0.3 is 14.6 Å². The molecular weight excluding hydrogens is 446 g/mol. The van der Waals surface area contributed by atoms with Gasteiger partial charge >= 0.3 is 5.97 Å². The average molecular weight is 480 g/mol. The minimum absolute atomic E-state index is 0.271. The molecule has 2 rings (SSSR count). The lowest BCUT2D eigenvalue weighted by molar-refractivity contribution is -0.145. The molecule has 1 fully saturated rings. The number of amides is 1. The van der Waals surface area contributed by atoms with E-state index in [0.29, 0.717) is 35.9 Å². The number of ether oxygens (including phenoxy) is 2. The zero-order valence-electron chi connectivity index (χ0n) is 19.1. The number of carbonyl (C=O) groups is 2. The van der Waals surface area contributed by atoms with Crippen LogP contribution in [0.1, 0.15) is 70.8 Å². The highest BCUT2D eigenvalue weighted by atomic mass is 32.2. The maximum absolute atomic E-state index is 12.9. The van der Waals surface area contributed by atoms with Crippen LogP contribution >= 0.6 is 24.0 Å². The Labute approximate surface area is 200 Å². The largest absolute Gasteiger partial charge is 0.493 e. The van der Waals surface area contributed by atoms with Crippen molar-refractivity contribution in [3.63, 3.8) is 0 Å². The summed E-state index contributed by atoms with van der Waals surface area (Å²) in [6.45, 7) is 4.72. The highest BCUT2D eigenvalue weighted by Gasteiger charge is 2.39. The minimum Gasteiger partial charge on any atom is -0.493 e. The maximum atomic E-state index is 12.9. The van der Waals surface area contributed by atoms with E-state index in [1.54, 1.807) is 13.2 Å². The molecule has 176 valence electrons. The van der Waals surface area contributed by atoms with Crippen LogP contribution in [0.2, 0.25) is 0 Å². The number of nitrogens with zero attached hydrogens (tertiary/aromatic N) is 1. The number of aliphatic carboxylic acids is 1. The monoisotopic (exact) mass is 479 g/mol. The highest BCUT2D eigenvalue weighted by molar-refractivity contribution is 8.26. The number of rotatable bonds is 14. The molecule has 6 nitrogen and oxygen atoms in total. The van der Waals surface area contributed by atoms with E-state index in [1.807, 2.05) is 25.1 Å². The van der Waals surface area contributed by atoms with Gasteiger partial charge in [-0.2, -0.15) is 0 Å². The third-order valence-corrected chi connectivity index (χ3v) is 6.55. The minimum atomic E-state index is -1.04. The molecule has 1 amide bonds. The zero-order chi connectivity index (χ0) is 23.5. The van der Waals surface area contributed by atoms with Gasteiger partial charge in [-0.15, -0.1) is 0 Å². The second kappa shape index (κ2) is 13.5. The van der Waals surface area contributed by atoms with Crippen LogP contribution in [0.5, 0.6) is 11.5 Å². The van der Waals surface area contributed by atoms with Gasteiger partial charge in [0.05, 0.1) is 18.6 Å². The first kappa shape index (κ1) is 26.2. The fraction of sp³-hybridized carbons (Fsp3) is 0.542. The molecule has 0 spiro atoms. The summed E-state index contributed by atoms with van der Waals surface area (Å²) in [5, 5.41) is 9.51. The fourth-order valence-electron chi connectivity index (χ4n) is 3.49. The SMILES string of the molecule is CCCCCCCCOc1ccc(/C=C2\SC(=S)N(C(CCC)C(=O)O)C2=O)cc1OC. The smallest absolute Gasteiger partial charge is 0.326 e. The molecular formula is C24H33NO5S2. The van der Waals surface area contributed by atoms with Crippen molar-refractivity contribution < 1.29 is 24.2 Å². The second-order valence-corrected chi connectivity index (χ2v) is 9.40. The Hall–Kier alpha value is -2.06. The number of hydrogen-bond acceptors (Lipinski definition) is 6. The number of methoxy groups -OCH3 is 1. The summed E-state index contributed by atoms with van der Waals surface area (Å²) in [5.41, 5.74) is 0.761. The van der Waals surface area contributed by atoms with Gasteiger partial charge in [0, 0.05) is 0 Å². The van der Waals surface area contributed by atoms with Crippen LogP contribution in [0.4, 0.5) is 0 Å². The Morgan fingerprint density at radius 3 is 2.53 bits per heavy atom. The Morgan fingerprint density at radius 1 is 1.16 bits per heavy atom. The number of carboxylic acid groups (broad SMARTS) is 1. The predicted molar refractivity (Wildman–Crippen MR) is 133 cm³/mol. The van der Waals surface area contributed by atoms with Crippen molar-refractivity contribution in [3.05, 3.63) is 28.7 Å². The molecule has 1 aromatic carbocycles. The van der Waals surface area contributed by atoms with Gasteiger partial charge in [0.15, 0.2) is 11.5 Å². The fourth-order valence-corrected chi connectivity index (χ4v) is 4.85. The Balaban J connectivity index is 2.05. The van der Waals surface area contributed by atoms with Crippen LogP contribution in [0.25, 0.3) is 6.08 Å². The lowest BCUT2D eigenvalue weighted by atomic mass is 10.1. The van der Waals surface area contributed by atoms with E-state index >= 15 is 0 Å². The van der Waals surface area contributed by atoms with E-state index in [2.05, 4.69) is 6.92 Å². The maximum Gasteiger partial charge on any atom is 0.326 e. The third-order valence-electron chi connectivity index (χ3n) is 5.22. The molecule has 1 aliphatic heterocycles. The van der Waals surface area contributed by atoms with Gasteiger partial charge in [-0.1, -0.05) is 82.4 Å². The molecule has 1 N–H and O–H groups in total. The molecule has 1 saturated heterocycles. The van der Waals surface area contributed by atoms with Crippen molar-refractivity contribution in [2.45, 2.75) is 71.3 Å². The van der Waals surface area contributed by atoms with E-state index in [0.717, 1.165) is 30.2 Å². The van der Waals surface area contributed by atoms with Crippen molar-refractivity contribution in [3.8, 4) is 11.5 Å². The van der Waals surface area contributed by atoms with Crippen LogP contribution in [-0.2, 0) is 9.59 Å². The van der Waals surface area contributed by atoms with Gasteiger partial charge in [-0.3, -0.25) is 9.69 Å². The van der Waals surface area contributed by atoms with Gasteiger partial charge in [0.2, 0.25) is 0 Å². The third kappa shape index (κ3) is 7.24. The predicted octanol–water partition coefficient (Wildman–Crippen LogP) is 5.89. The van der Waals surface area contributed by atoms with Crippen molar-refractivity contribution in [2.24, 2.45) is 0 Å². The molecule has 0 saturated carbocycles. The summed E-state index contributed by atoms with van der Waals surface area (Å²) in [6, 6.07) is 4.56. The van der Waals surface area contributed by atoms with E-state index in [4.69, 9.17) is 21.7 Å². The average Bonchev–Trinajstić information content (AvgIpc) is 3.04. The quantitative estimate of drug-likeness (QED) is 0.203. The van der Waals surface area contributed by atoms with E-state index in [9.17, 15) is 14.7 Å². The highest BCUT2D eigenvalue weighted by Crippen LogP contribution is 2.36. The summed E-state index contributed by atoms with van der Waals surface area (Å²) >= 11 is 6.43. The number of carboxylic acids is 1. The van der Waals surface area contributed by atoms with Gasteiger partial charge in [0.1, 0.15) is 10.4 Å². The first-order valence-corrected chi connectivity index (χ1v) is 12.5. The summed E-state index contributed by atoms with van der Waals surface area (Å²) in [7, 11) is 1.58. The number of thioether (sulfide) groups is 1. The number of benzene rings is 1. The molecule has 1 unspecified atom stereocenters. The van der Waals surface area contributed by atoms with Crippen LogP contribution in [0, 0.1) is 0 Å². The van der Waals surface area contributed by atoms with E-state index in [-0.39, 0.29) is 10.2 Å². The van der Waals surface area contributed by atoms with E-state index < -0.39 is 12.0 Å². The number of carbonyl (C=O) groups excluding carboxylic acids is 1. The van der Waals surface area contributed by atoms with E-state index in [1.165, 1.54) is 30.6 Å².